The first-order valence-electron chi connectivity index (χ1n) is 11.8. The summed E-state index contributed by atoms with van der Waals surface area (Å²) >= 11 is 25.7. The van der Waals surface area contributed by atoms with Crippen molar-refractivity contribution in [2.45, 2.75) is 4.90 Å². The van der Waals surface area contributed by atoms with Crippen LogP contribution in [-0.2, 0) is 4.79 Å². The first-order chi connectivity index (χ1) is 19.2. The number of carbonyl (C=O) groups excluding carboxylic acids is 3. The molecule has 0 unspecified atom stereocenters. The van der Waals surface area contributed by atoms with Gasteiger partial charge >= 0.3 is 0 Å². The molecule has 0 bridgehead atoms. The van der Waals surface area contributed by atoms with Gasteiger partial charge in [-0.3, -0.25) is 14.4 Å². The largest absolute Gasteiger partial charge is 0.321 e. The zero-order valence-electron chi connectivity index (χ0n) is 20.6. The van der Waals surface area contributed by atoms with Crippen molar-refractivity contribution in [1.82, 2.24) is 5.32 Å². The molecule has 40 heavy (non-hydrogen) atoms. The minimum absolute atomic E-state index is 0.0244. The van der Waals surface area contributed by atoms with Crippen LogP contribution in [-0.4, -0.2) is 23.4 Å². The number of amides is 2. The molecule has 0 aliphatic carbocycles. The number of ketones is 1. The fraction of sp³-hybridized carbons (Fsp3) is 0.0333. The van der Waals surface area contributed by atoms with E-state index in [-0.39, 0.29) is 22.3 Å². The molecule has 0 aromatic heterocycles. The van der Waals surface area contributed by atoms with E-state index in [4.69, 9.17) is 46.4 Å². The summed E-state index contributed by atoms with van der Waals surface area (Å²) in [6, 6.07) is 25.2. The van der Waals surface area contributed by atoms with Crippen LogP contribution < -0.4 is 10.6 Å². The van der Waals surface area contributed by atoms with Gasteiger partial charge < -0.3 is 10.6 Å². The van der Waals surface area contributed by atoms with Crippen molar-refractivity contribution in [3.8, 4) is 0 Å². The van der Waals surface area contributed by atoms with Gasteiger partial charge in [0.25, 0.3) is 11.8 Å². The predicted octanol–water partition coefficient (Wildman–Crippen LogP) is 8.68. The highest BCUT2D eigenvalue weighted by atomic mass is 35.5. The second kappa shape index (κ2) is 13.9. The first kappa shape index (κ1) is 29.7. The Labute approximate surface area is 255 Å². The minimum Gasteiger partial charge on any atom is -0.321 e. The molecule has 0 atom stereocenters. The normalized spacial score (nSPS) is 11.2. The van der Waals surface area contributed by atoms with Gasteiger partial charge in [-0.2, -0.15) is 0 Å². The molecule has 0 saturated carbocycles. The van der Waals surface area contributed by atoms with Gasteiger partial charge in [-0.25, -0.2) is 0 Å². The maximum atomic E-state index is 13.2. The molecular formula is C30H20Cl4N2O3S. The zero-order chi connectivity index (χ0) is 28.6. The standard InChI is InChI=1S/C30H20Cl4N2O3S/c31-23-14-9-19(15-25(23)33)27(37)17-40-22-12-10-21(11-13-22)35-30(39)26(16-20-7-4-8-24(32)28(20)34)36-29(38)18-5-2-1-3-6-18/h1-16H,17H2,(H,35,39)(H,36,38)/b26-16-. The Morgan fingerprint density at radius 2 is 1.45 bits per heavy atom. The second-order valence-corrected chi connectivity index (χ2v) is 11.0. The summed E-state index contributed by atoms with van der Waals surface area (Å²) < 4.78 is 0. The van der Waals surface area contributed by atoms with E-state index in [1.807, 2.05) is 0 Å². The minimum atomic E-state index is -0.560. The smallest absolute Gasteiger partial charge is 0.272 e. The first-order valence-corrected chi connectivity index (χ1v) is 14.3. The van der Waals surface area contributed by atoms with E-state index in [2.05, 4.69) is 10.6 Å². The van der Waals surface area contributed by atoms with E-state index >= 15 is 0 Å². The fourth-order valence-corrected chi connectivity index (χ4v) is 4.92. The van der Waals surface area contributed by atoms with E-state index in [9.17, 15) is 14.4 Å². The van der Waals surface area contributed by atoms with Gasteiger partial charge in [-0.1, -0.05) is 76.7 Å². The van der Waals surface area contributed by atoms with Crippen LogP contribution in [0.3, 0.4) is 0 Å². The summed E-state index contributed by atoms with van der Waals surface area (Å²) in [5, 5.41) is 6.72. The zero-order valence-corrected chi connectivity index (χ0v) is 24.4. The van der Waals surface area contributed by atoms with Gasteiger partial charge in [-0.15, -0.1) is 11.8 Å². The Hall–Kier alpha value is -3.26. The molecule has 0 aliphatic heterocycles. The molecule has 2 N–H and O–H groups in total. The molecule has 0 spiro atoms. The van der Waals surface area contributed by atoms with Crippen molar-refractivity contribution in [3.63, 3.8) is 0 Å². The van der Waals surface area contributed by atoms with Gasteiger partial charge in [0, 0.05) is 21.7 Å². The Balaban J connectivity index is 1.46. The average Bonchev–Trinajstić information content (AvgIpc) is 2.96. The lowest BCUT2D eigenvalue weighted by molar-refractivity contribution is -0.113. The third-order valence-electron chi connectivity index (χ3n) is 5.53. The van der Waals surface area contributed by atoms with Crippen LogP contribution in [0.1, 0.15) is 26.3 Å². The van der Waals surface area contributed by atoms with E-state index in [1.165, 1.54) is 17.8 Å². The highest BCUT2D eigenvalue weighted by Crippen LogP contribution is 2.28. The lowest BCUT2D eigenvalue weighted by Gasteiger charge is -2.12. The van der Waals surface area contributed by atoms with Crippen LogP contribution in [0.15, 0.2) is 102 Å². The van der Waals surface area contributed by atoms with E-state index < -0.39 is 11.8 Å². The van der Waals surface area contributed by atoms with E-state index in [1.54, 1.807) is 91.0 Å². The molecule has 0 fully saturated rings. The van der Waals surface area contributed by atoms with Crippen molar-refractivity contribution >= 4 is 87.5 Å². The van der Waals surface area contributed by atoms with E-state index in [0.717, 1.165) is 4.90 Å². The number of hydrogen-bond acceptors (Lipinski definition) is 4. The SMILES string of the molecule is O=C(Nc1ccc(SCC(=O)c2ccc(Cl)c(Cl)c2)cc1)/C(=C/c1cccc(Cl)c1Cl)NC(=O)c1ccccc1. The van der Waals surface area contributed by atoms with Crippen LogP contribution in [0.25, 0.3) is 6.08 Å². The van der Waals surface area contributed by atoms with Crippen molar-refractivity contribution in [2.75, 3.05) is 11.1 Å². The number of Topliss-reactive ketones (excluding diaryl/α,β-unsaturated/α-hetero) is 1. The molecule has 4 aromatic rings. The van der Waals surface area contributed by atoms with Gasteiger partial charge in [0.15, 0.2) is 5.78 Å². The Morgan fingerprint density at radius 3 is 2.15 bits per heavy atom. The number of hydrogen-bond donors (Lipinski definition) is 2. The summed E-state index contributed by atoms with van der Waals surface area (Å²) in [7, 11) is 0. The number of rotatable bonds is 9. The molecule has 0 aliphatic rings. The van der Waals surface area contributed by atoms with Crippen LogP contribution >= 0.6 is 58.2 Å². The number of anilines is 1. The fourth-order valence-electron chi connectivity index (χ4n) is 3.46. The number of thioether (sulfide) groups is 1. The monoisotopic (exact) mass is 628 g/mol. The molecule has 0 saturated heterocycles. The number of halogens is 4. The highest BCUT2D eigenvalue weighted by Gasteiger charge is 2.16. The van der Waals surface area contributed by atoms with Crippen molar-refractivity contribution in [3.05, 3.63) is 133 Å². The molecule has 5 nitrogen and oxygen atoms in total. The Morgan fingerprint density at radius 1 is 0.725 bits per heavy atom. The number of benzene rings is 4. The molecule has 4 rings (SSSR count). The Bertz CT molecular complexity index is 1590. The molecular weight excluding hydrogens is 610 g/mol. The third-order valence-corrected chi connectivity index (χ3v) is 8.12. The van der Waals surface area contributed by atoms with Gasteiger partial charge in [0.05, 0.1) is 25.8 Å². The van der Waals surface area contributed by atoms with Crippen LogP contribution in [0.5, 0.6) is 0 Å². The number of nitrogens with one attached hydrogen (secondary N) is 2. The van der Waals surface area contributed by atoms with E-state index in [0.29, 0.717) is 37.4 Å². The average molecular weight is 630 g/mol. The van der Waals surface area contributed by atoms with Crippen LogP contribution in [0.4, 0.5) is 5.69 Å². The van der Waals surface area contributed by atoms with Gasteiger partial charge in [-0.05, 0) is 72.3 Å². The molecule has 0 radical (unpaired) electrons. The predicted molar refractivity (Wildman–Crippen MR) is 165 cm³/mol. The summed E-state index contributed by atoms with van der Waals surface area (Å²) in [6.45, 7) is 0. The molecule has 4 aromatic carbocycles. The maximum Gasteiger partial charge on any atom is 0.272 e. The lowest BCUT2D eigenvalue weighted by atomic mass is 10.1. The third kappa shape index (κ3) is 7.90. The van der Waals surface area contributed by atoms with Crippen LogP contribution in [0, 0.1) is 0 Å². The summed E-state index contributed by atoms with van der Waals surface area (Å²) in [4.78, 5) is 39.4. The summed E-state index contributed by atoms with van der Waals surface area (Å²) in [6.07, 6.45) is 1.46. The molecule has 10 heteroatoms. The molecule has 0 heterocycles. The van der Waals surface area contributed by atoms with Gasteiger partial charge in [0.2, 0.25) is 0 Å². The van der Waals surface area contributed by atoms with Gasteiger partial charge in [0.1, 0.15) is 5.70 Å². The molecule has 202 valence electrons. The molecule has 2 amide bonds. The topological polar surface area (TPSA) is 75.3 Å². The van der Waals surface area contributed by atoms with Crippen LogP contribution in [0.2, 0.25) is 20.1 Å². The maximum absolute atomic E-state index is 13.2. The highest BCUT2D eigenvalue weighted by molar-refractivity contribution is 8.00. The second-order valence-electron chi connectivity index (χ2n) is 8.34. The van der Waals surface area contributed by atoms with Crippen molar-refractivity contribution < 1.29 is 14.4 Å². The quantitative estimate of drug-likeness (QED) is 0.110. The lowest BCUT2D eigenvalue weighted by Crippen LogP contribution is -2.30. The van der Waals surface area contributed by atoms with Crippen molar-refractivity contribution in [2.24, 2.45) is 0 Å². The number of carbonyl (C=O) groups is 3. The summed E-state index contributed by atoms with van der Waals surface area (Å²) in [5.74, 6) is -0.915. The Kier molecular flexibility index (Phi) is 10.3. The van der Waals surface area contributed by atoms with Crippen molar-refractivity contribution in [1.29, 1.82) is 0 Å². The summed E-state index contributed by atoms with van der Waals surface area (Å²) in [5.41, 5.74) is 1.79.